The van der Waals surface area contributed by atoms with Gasteiger partial charge in [-0.25, -0.2) is 4.98 Å². The van der Waals surface area contributed by atoms with E-state index in [4.69, 9.17) is 4.98 Å². The number of para-hydroxylation sites is 1. The van der Waals surface area contributed by atoms with Gasteiger partial charge >= 0.3 is 0 Å². The van der Waals surface area contributed by atoms with E-state index in [-0.39, 0.29) is 5.91 Å². The number of carbonyl (C=O) groups is 1. The molecule has 0 aliphatic rings. The molecule has 0 radical (unpaired) electrons. The van der Waals surface area contributed by atoms with Gasteiger partial charge in [0.2, 0.25) is 5.91 Å². The average molecular weight is 350 g/mol. The number of amides is 1. The molecule has 0 saturated heterocycles. The van der Waals surface area contributed by atoms with Crippen molar-refractivity contribution in [3.8, 4) is 0 Å². The molecule has 0 aliphatic carbocycles. The number of benzene rings is 2. The van der Waals surface area contributed by atoms with Gasteiger partial charge in [-0.3, -0.25) is 4.79 Å². The first kappa shape index (κ1) is 17.4. The Morgan fingerprint density at radius 1 is 1.16 bits per heavy atom. The van der Waals surface area contributed by atoms with Gasteiger partial charge in [0.05, 0.1) is 10.2 Å². The van der Waals surface area contributed by atoms with Gasteiger partial charge < -0.3 is 4.90 Å². The number of nitrogens with zero attached hydrogens (tertiary/aromatic N) is 2. The van der Waals surface area contributed by atoms with Crippen molar-refractivity contribution in [1.82, 2.24) is 9.88 Å². The first-order valence-corrected chi connectivity index (χ1v) is 9.05. The molecule has 128 valence electrons. The Morgan fingerprint density at radius 2 is 1.80 bits per heavy atom. The second kappa shape index (κ2) is 6.81. The minimum atomic E-state index is -0.545. The lowest BCUT2D eigenvalue weighted by Crippen LogP contribution is -2.40. The largest absolute Gasteiger partial charge is 0.348 e. The van der Waals surface area contributed by atoms with Crippen molar-refractivity contribution >= 4 is 27.5 Å². The lowest BCUT2D eigenvalue weighted by atomic mass is 9.71. The van der Waals surface area contributed by atoms with Crippen LogP contribution < -0.4 is 0 Å². The molecule has 0 aliphatic heterocycles. The smallest absolute Gasteiger partial charge is 0.233 e. The average Bonchev–Trinajstić information content (AvgIpc) is 3.05. The summed E-state index contributed by atoms with van der Waals surface area (Å²) in [6, 6.07) is 18.1. The van der Waals surface area contributed by atoms with Crippen LogP contribution in [0.2, 0.25) is 0 Å². The van der Waals surface area contributed by atoms with Crippen LogP contribution in [0.5, 0.6) is 0 Å². The van der Waals surface area contributed by atoms with Crippen molar-refractivity contribution in [2.45, 2.75) is 18.3 Å². The van der Waals surface area contributed by atoms with E-state index in [9.17, 15) is 4.79 Å². The van der Waals surface area contributed by atoms with Gasteiger partial charge in [-0.05, 0) is 17.7 Å². The fraction of sp³-hybridized carbons (Fsp3) is 0.238. The van der Waals surface area contributed by atoms with Crippen LogP contribution in [0.1, 0.15) is 23.4 Å². The first-order chi connectivity index (χ1) is 12.0. The van der Waals surface area contributed by atoms with Crippen LogP contribution in [-0.2, 0) is 10.2 Å². The zero-order valence-corrected chi connectivity index (χ0v) is 15.6. The van der Waals surface area contributed by atoms with Crippen LogP contribution in [0.15, 0.2) is 67.3 Å². The summed E-state index contributed by atoms with van der Waals surface area (Å²) >= 11 is 1.58. The molecule has 4 heteroatoms. The van der Waals surface area contributed by atoms with Gasteiger partial charge in [-0.1, -0.05) is 55.5 Å². The summed E-state index contributed by atoms with van der Waals surface area (Å²) in [5.41, 5.74) is 1.44. The highest BCUT2D eigenvalue weighted by atomic mass is 32.1. The standard InChI is InChI=1S/C21H22N2OS/c1-5-21(2,15-11-7-6-8-12-15)18(20(24)23(3)4)19-22-16-13-9-10-14-17(16)25-19/h5-14,18H,1H2,2-4H3/t18-,21+/m1/s1. The van der Waals surface area contributed by atoms with Gasteiger partial charge in [0, 0.05) is 19.5 Å². The summed E-state index contributed by atoms with van der Waals surface area (Å²) in [5, 5.41) is 0.825. The minimum Gasteiger partial charge on any atom is -0.348 e. The van der Waals surface area contributed by atoms with Crippen molar-refractivity contribution in [2.24, 2.45) is 0 Å². The van der Waals surface area contributed by atoms with Crippen molar-refractivity contribution in [3.63, 3.8) is 0 Å². The Kier molecular flexibility index (Phi) is 4.73. The molecule has 3 nitrogen and oxygen atoms in total. The highest BCUT2D eigenvalue weighted by Gasteiger charge is 2.42. The predicted octanol–water partition coefficient (Wildman–Crippen LogP) is 4.61. The topological polar surface area (TPSA) is 33.2 Å². The number of hydrogen-bond donors (Lipinski definition) is 0. The molecule has 0 saturated carbocycles. The predicted molar refractivity (Wildman–Crippen MR) is 105 cm³/mol. The molecule has 2 aromatic carbocycles. The van der Waals surface area contributed by atoms with E-state index in [1.54, 1.807) is 30.3 Å². The third-order valence-electron chi connectivity index (χ3n) is 4.66. The van der Waals surface area contributed by atoms with Crippen molar-refractivity contribution in [1.29, 1.82) is 0 Å². The Morgan fingerprint density at radius 3 is 2.40 bits per heavy atom. The van der Waals surface area contributed by atoms with Crippen LogP contribution >= 0.6 is 11.3 Å². The summed E-state index contributed by atoms with van der Waals surface area (Å²) in [4.78, 5) is 19.6. The fourth-order valence-electron chi connectivity index (χ4n) is 3.09. The van der Waals surface area contributed by atoms with Gasteiger partial charge in [-0.15, -0.1) is 17.9 Å². The normalized spacial score (nSPS) is 14.7. The molecule has 1 amide bonds. The molecule has 0 bridgehead atoms. The van der Waals surface area contributed by atoms with E-state index in [0.717, 1.165) is 20.8 Å². The maximum absolute atomic E-state index is 13.1. The molecular weight excluding hydrogens is 328 g/mol. The van der Waals surface area contributed by atoms with E-state index in [1.807, 2.05) is 60.7 Å². The maximum Gasteiger partial charge on any atom is 0.233 e. The summed E-state index contributed by atoms with van der Waals surface area (Å²) in [7, 11) is 3.58. The number of allylic oxidation sites excluding steroid dienone is 1. The van der Waals surface area contributed by atoms with Gasteiger partial charge in [0.1, 0.15) is 10.9 Å². The van der Waals surface area contributed by atoms with Crippen LogP contribution in [0, 0.1) is 0 Å². The number of thiazole rings is 1. The zero-order chi connectivity index (χ0) is 18.0. The van der Waals surface area contributed by atoms with Crippen molar-refractivity contribution in [3.05, 3.63) is 77.8 Å². The van der Waals surface area contributed by atoms with E-state index in [2.05, 4.69) is 13.5 Å². The van der Waals surface area contributed by atoms with Crippen molar-refractivity contribution in [2.75, 3.05) is 14.1 Å². The van der Waals surface area contributed by atoms with Crippen LogP contribution in [0.4, 0.5) is 0 Å². The number of hydrogen-bond acceptors (Lipinski definition) is 3. The van der Waals surface area contributed by atoms with E-state index in [1.165, 1.54) is 0 Å². The molecular formula is C21H22N2OS. The molecule has 0 unspecified atom stereocenters. The molecule has 0 N–H and O–H groups in total. The molecule has 3 aromatic rings. The maximum atomic E-state index is 13.1. The third-order valence-corrected chi connectivity index (χ3v) is 5.77. The van der Waals surface area contributed by atoms with Crippen LogP contribution in [-0.4, -0.2) is 29.9 Å². The minimum absolute atomic E-state index is 0.0327. The summed E-state index contributed by atoms with van der Waals surface area (Å²) in [6.45, 7) is 6.12. The summed E-state index contributed by atoms with van der Waals surface area (Å²) in [5.74, 6) is -0.384. The lowest BCUT2D eigenvalue weighted by molar-refractivity contribution is -0.131. The highest BCUT2D eigenvalue weighted by molar-refractivity contribution is 7.18. The number of rotatable bonds is 5. The van der Waals surface area contributed by atoms with Gasteiger partial charge in [-0.2, -0.15) is 0 Å². The van der Waals surface area contributed by atoms with Gasteiger partial charge in [0.15, 0.2) is 0 Å². The quantitative estimate of drug-likeness (QED) is 0.630. The second-order valence-corrected chi connectivity index (χ2v) is 7.60. The SMILES string of the molecule is C=C[C@@](C)(c1ccccc1)[C@@H](C(=O)N(C)C)c1nc2ccccc2s1. The molecule has 0 spiro atoms. The summed E-state index contributed by atoms with van der Waals surface area (Å²) < 4.78 is 1.09. The Balaban J connectivity index is 2.20. The van der Waals surface area contributed by atoms with E-state index >= 15 is 0 Å². The summed E-state index contributed by atoms with van der Waals surface area (Å²) in [6.07, 6.45) is 1.88. The fourth-order valence-corrected chi connectivity index (χ4v) is 4.29. The number of likely N-dealkylation sites (N-methyl/N-ethyl adjacent to an activating group) is 1. The van der Waals surface area contributed by atoms with Gasteiger partial charge in [0.25, 0.3) is 0 Å². The van der Waals surface area contributed by atoms with E-state index in [0.29, 0.717) is 0 Å². The third kappa shape index (κ3) is 3.10. The molecule has 0 fully saturated rings. The molecule has 3 rings (SSSR count). The number of aromatic nitrogens is 1. The number of fused-ring (bicyclic) bond motifs is 1. The monoisotopic (exact) mass is 350 g/mol. The second-order valence-electron chi connectivity index (χ2n) is 6.54. The molecule has 25 heavy (non-hydrogen) atoms. The molecule has 1 heterocycles. The first-order valence-electron chi connectivity index (χ1n) is 8.23. The van der Waals surface area contributed by atoms with Crippen LogP contribution in [0.25, 0.3) is 10.2 Å². The Labute approximate surface area is 152 Å². The Hall–Kier alpha value is -2.46. The van der Waals surface area contributed by atoms with Crippen LogP contribution in [0.3, 0.4) is 0 Å². The Bertz CT molecular complexity index is 867. The van der Waals surface area contributed by atoms with E-state index < -0.39 is 11.3 Å². The molecule has 1 aromatic heterocycles. The highest BCUT2D eigenvalue weighted by Crippen LogP contribution is 2.43. The molecule has 2 atom stereocenters. The zero-order valence-electron chi connectivity index (χ0n) is 14.8. The lowest BCUT2D eigenvalue weighted by Gasteiger charge is -2.35. The number of carbonyl (C=O) groups excluding carboxylic acids is 1. The van der Waals surface area contributed by atoms with Crippen molar-refractivity contribution < 1.29 is 4.79 Å².